The topological polar surface area (TPSA) is 49.3 Å². The minimum atomic E-state index is -4.66. The third-order valence-corrected chi connectivity index (χ3v) is 6.57. The van der Waals surface area contributed by atoms with Crippen LogP contribution >= 0.6 is 23.2 Å². The molecule has 3 rings (SSSR count). The van der Waals surface area contributed by atoms with Crippen LogP contribution in [0.2, 0.25) is 10.0 Å². The Labute approximate surface area is 219 Å². The number of hydrogen-bond donors (Lipinski definition) is 2. The molecule has 2 unspecified atom stereocenters. The highest BCUT2D eigenvalue weighted by molar-refractivity contribution is 6.33. The summed E-state index contributed by atoms with van der Waals surface area (Å²) in [6.45, 7) is 0.857. The third kappa shape index (κ3) is 7.32. The average molecular weight is 564 g/mol. The number of carboxylic acids is 1. The van der Waals surface area contributed by atoms with Crippen molar-refractivity contribution in [2.75, 3.05) is 11.9 Å². The second kappa shape index (κ2) is 11.2. The van der Waals surface area contributed by atoms with Crippen molar-refractivity contribution in [3.05, 3.63) is 87.4 Å². The number of aliphatic carboxylic acids is 1. The molecule has 3 nitrogen and oxygen atoms in total. The first-order valence-corrected chi connectivity index (χ1v) is 11.7. The minimum absolute atomic E-state index is 0.0230. The fourth-order valence-electron chi connectivity index (χ4n) is 3.91. The summed E-state index contributed by atoms with van der Waals surface area (Å²) < 4.78 is 80.9. The Kier molecular flexibility index (Phi) is 8.70. The Balaban J connectivity index is 1.99. The first-order chi connectivity index (χ1) is 17.2. The van der Waals surface area contributed by atoms with Crippen LogP contribution in [0.4, 0.5) is 32.0 Å². The predicted octanol–water partition coefficient (Wildman–Crippen LogP) is 8.70. The maximum atomic E-state index is 13.6. The number of carbonyl (C=O) groups is 1. The van der Waals surface area contributed by atoms with Gasteiger partial charge < -0.3 is 10.4 Å². The van der Waals surface area contributed by atoms with Gasteiger partial charge in [-0.1, -0.05) is 54.4 Å². The van der Waals surface area contributed by atoms with Gasteiger partial charge in [0.2, 0.25) is 0 Å². The number of rotatable bonds is 8. The molecule has 198 valence electrons. The normalized spacial score (nSPS) is 13.8. The molecular weight excluding hydrogens is 543 g/mol. The number of alkyl halides is 6. The molecule has 2 N–H and O–H groups in total. The van der Waals surface area contributed by atoms with E-state index in [1.54, 1.807) is 0 Å². The molecule has 0 saturated carbocycles. The smallest absolute Gasteiger partial charge is 0.416 e. The van der Waals surface area contributed by atoms with E-state index in [9.17, 15) is 36.2 Å². The van der Waals surface area contributed by atoms with Gasteiger partial charge in [-0.25, -0.2) is 0 Å². The van der Waals surface area contributed by atoms with Gasteiger partial charge in [-0.3, -0.25) is 4.79 Å². The van der Waals surface area contributed by atoms with E-state index in [4.69, 9.17) is 23.2 Å². The fraction of sp³-hybridized carbons (Fsp3) is 0.269. The highest BCUT2D eigenvalue weighted by atomic mass is 35.5. The molecule has 3 aromatic rings. The second-order valence-electron chi connectivity index (χ2n) is 8.50. The van der Waals surface area contributed by atoms with E-state index in [1.165, 1.54) is 42.5 Å². The predicted molar refractivity (Wildman–Crippen MR) is 131 cm³/mol. The second-order valence-corrected chi connectivity index (χ2v) is 9.35. The van der Waals surface area contributed by atoms with Gasteiger partial charge in [-0.2, -0.15) is 26.3 Å². The van der Waals surface area contributed by atoms with Crippen LogP contribution in [-0.2, 0) is 17.4 Å². The molecule has 11 heteroatoms. The lowest BCUT2D eigenvalue weighted by molar-refractivity contribution is -0.174. The van der Waals surface area contributed by atoms with Crippen molar-refractivity contribution in [3.8, 4) is 11.1 Å². The molecule has 0 spiro atoms. The summed E-state index contributed by atoms with van der Waals surface area (Å²) in [5, 5.41) is 12.6. The van der Waals surface area contributed by atoms with Crippen LogP contribution in [0, 0.1) is 5.92 Å². The summed E-state index contributed by atoms with van der Waals surface area (Å²) in [5.41, 5.74) is -0.0146. The van der Waals surface area contributed by atoms with Gasteiger partial charge in [0.25, 0.3) is 0 Å². The summed E-state index contributed by atoms with van der Waals surface area (Å²) in [4.78, 5) is 11.3. The zero-order chi connectivity index (χ0) is 27.5. The molecule has 0 aliphatic carbocycles. The largest absolute Gasteiger partial charge is 0.481 e. The Hall–Kier alpha value is -2.91. The van der Waals surface area contributed by atoms with Crippen molar-refractivity contribution in [1.29, 1.82) is 0 Å². The highest BCUT2D eigenvalue weighted by Gasteiger charge is 2.41. The summed E-state index contributed by atoms with van der Waals surface area (Å²) in [6, 6.07) is 12.9. The quantitative estimate of drug-likeness (QED) is 0.269. The molecule has 0 saturated heterocycles. The molecule has 0 aliphatic rings. The van der Waals surface area contributed by atoms with Gasteiger partial charge in [0.05, 0.1) is 28.6 Å². The molecular formula is C26H21Cl2F6NO2. The lowest BCUT2D eigenvalue weighted by Gasteiger charge is -2.27. The van der Waals surface area contributed by atoms with Crippen LogP contribution in [0.25, 0.3) is 11.1 Å². The lowest BCUT2D eigenvalue weighted by atomic mass is 9.86. The van der Waals surface area contributed by atoms with E-state index in [0.717, 1.165) is 25.1 Å². The third-order valence-electron chi connectivity index (χ3n) is 5.99. The van der Waals surface area contributed by atoms with Crippen molar-refractivity contribution < 1.29 is 36.2 Å². The van der Waals surface area contributed by atoms with Crippen molar-refractivity contribution >= 4 is 34.9 Å². The molecule has 0 aromatic heterocycles. The molecule has 37 heavy (non-hydrogen) atoms. The van der Waals surface area contributed by atoms with Gasteiger partial charge in [0, 0.05) is 17.5 Å². The SMILES string of the molecule is CC(C(CNc1cc(-c2cc(C(F)(F)F)ccc2CC(=O)O)ccc1Cl)c1ccc(Cl)cc1)C(F)(F)F. The number of anilines is 1. The Morgan fingerprint density at radius 2 is 1.59 bits per heavy atom. The van der Waals surface area contributed by atoms with Gasteiger partial charge in [0.1, 0.15) is 0 Å². The first-order valence-electron chi connectivity index (χ1n) is 10.9. The minimum Gasteiger partial charge on any atom is -0.481 e. The van der Waals surface area contributed by atoms with Crippen molar-refractivity contribution in [2.45, 2.75) is 31.6 Å². The van der Waals surface area contributed by atoms with Crippen LogP contribution in [0.3, 0.4) is 0 Å². The molecule has 0 aliphatic heterocycles. The molecule has 0 fully saturated rings. The standard InChI is InChI=1S/C26H21Cl2F6NO2/c1-14(25(29,30)31)21(15-3-7-19(27)8-4-15)13-35-23-10-16(5-9-22(23)28)20-12-18(26(32,33)34)6-2-17(20)11-24(36)37/h2-10,12,14,21,35H,11,13H2,1H3,(H,36,37). The average Bonchev–Trinajstić information content (AvgIpc) is 2.80. The Morgan fingerprint density at radius 1 is 0.946 bits per heavy atom. The van der Waals surface area contributed by atoms with E-state index in [2.05, 4.69) is 5.32 Å². The summed E-state index contributed by atoms with van der Waals surface area (Å²) in [5.74, 6) is -4.01. The van der Waals surface area contributed by atoms with Crippen LogP contribution < -0.4 is 5.32 Å². The number of hydrogen-bond acceptors (Lipinski definition) is 2. The number of carboxylic acid groups (broad SMARTS) is 1. The maximum Gasteiger partial charge on any atom is 0.416 e. The van der Waals surface area contributed by atoms with E-state index < -0.39 is 42.1 Å². The molecule has 0 bridgehead atoms. The molecule has 2 atom stereocenters. The van der Waals surface area contributed by atoms with E-state index in [0.29, 0.717) is 10.6 Å². The molecule has 0 radical (unpaired) electrons. The fourth-order valence-corrected chi connectivity index (χ4v) is 4.22. The van der Waals surface area contributed by atoms with Gasteiger partial charge in [-0.15, -0.1) is 0 Å². The summed E-state index contributed by atoms with van der Waals surface area (Å²) in [6.07, 6.45) is -9.69. The Morgan fingerprint density at radius 3 is 2.16 bits per heavy atom. The van der Waals surface area contributed by atoms with Crippen LogP contribution in [0.15, 0.2) is 60.7 Å². The van der Waals surface area contributed by atoms with Gasteiger partial charge in [0.15, 0.2) is 0 Å². The maximum absolute atomic E-state index is 13.6. The molecule has 0 heterocycles. The van der Waals surface area contributed by atoms with E-state index in [1.807, 2.05) is 0 Å². The zero-order valence-corrected chi connectivity index (χ0v) is 20.7. The van der Waals surface area contributed by atoms with Gasteiger partial charge >= 0.3 is 18.3 Å². The summed E-state index contributed by atoms with van der Waals surface area (Å²) >= 11 is 12.1. The van der Waals surface area contributed by atoms with Crippen molar-refractivity contribution in [1.82, 2.24) is 0 Å². The van der Waals surface area contributed by atoms with E-state index in [-0.39, 0.29) is 33.9 Å². The lowest BCUT2D eigenvalue weighted by Crippen LogP contribution is -2.30. The zero-order valence-electron chi connectivity index (χ0n) is 19.2. The molecule has 0 amide bonds. The van der Waals surface area contributed by atoms with Crippen LogP contribution in [-0.4, -0.2) is 23.8 Å². The van der Waals surface area contributed by atoms with Crippen LogP contribution in [0.5, 0.6) is 0 Å². The monoisotopic (exact) mass is 563 g/mol. The highest BCUT2D eigenvalue weighted by Crippen LogP contribution is 2.39. The number of benzene rings is 3. The van der Waals surface area contributed by atoms with Crippen molar-refractivity contribution in [3.63, 3.8) is 0 Å². The number of nitrogens with one attached hydrogen (secondary N) is 1. The van der Waals surface area contributed by atoms with E-state index >= 15 is 0 Å². The van der Waals surface area contributed by atoms with Crippen LogP contribution in [0.1, 0.15) is 29.5 Å². The molecule has 3 aromatic carbocycles. The summed E-state index contributed by atoms with van der Waals surface area (Å²) in [7, 11) is 0. The number of halogens is 8. The van der Waals surface area contributed by atoms with Gasteiger partial charge in [-0.05, 0) is 58.7 Å². The van der Waals surface area contributed by atoms with Crippen molar-refractivity contribution in [2.24, 2.45) is 5.92 Å². The first kappa shape index (κ1) is 28.7. The Bertz CT molecular complexity index is 1260.